The first-order chi connectivity index (χ1) is 8.15. The number of methoxy groups -OCH3 is 1. The summed E-state index contributed by atoms with van der Waals surface area (Å²) in [7, 11) is 1.64. The molecule has 4 heteroatoms. The number of hydrogen-bond donors (Lipinski definition) is 1. The smallest absolute Gasteiger partial charge is 0.166 e. The van der Waals surface area contributed by atoms with E-state index in [1.807, 2.05) is 32.0 Å². The molecule has 0 unspecified atom stereocenters. The zero-order valence-corrected chi connectivity index (χ0v) is 10.0. The Labute approximate surface area is 99.9 Å². The van der Waals surface area contributed by atoms with E-state index in [-0.39, 0.29) is 0 Å². The Bertz CT molecular complexity index is 593. The molecule has 86 valence electrons. The fraction of sp³-hybridized carbons (Fsp3) is 0.231. The number of ether oxygens (including phenoxy) is 1. The van der Waals surface area contributed by atoms with Gasteiger partial charge >= 0.3 is 0 Å². The molecule has 2 aromatic rings. The number of benzene rings is 1. The van der Waals surface area contributed by atoms with Crippen LogP contribution in [0.4, 0.5) is 0 Å². The lowest BCUT2D eigenvalue weighted by molar-refractivity contribution is 0.412. The Kier molecular flexibility index (Phi) is 2.84. The largest absolute Gasteiger partial charge is 0.496 e. The van der Waals surface area contributed by atoms with Crippen LogP contribution in [-0.2, 0) is 0 Å². The SMILES string of the molecule is COc1ccc(-c2[nH]c(C)nc2C#N)cc1C. The third-order valence-corrected chi connectivity index (χ3v) is 2.61. The number of aryl methyl sites for hydroxylation is 2. The quantitative estimate of drug-likeness (QED) is 0.857. The summed E-state index contributed by atoms with van der Waals surface area (Å²) in [4.78, 5) is 7.23. The van der Waals surface area contributed by atoms with Crippen LogP contribution in [0.3, 0.4) is 0 Å². The van der Waals surface area contributed by atoms with Gasteiger partial charge < -0.3 is 9.72 Å². The Balaban J connectivity index is 2.54. The predicted molar refractivity (Wildman–Crippen MR) is 64.8 cm³/mol. The van der Waals surface area contributed by atoms with Crippen molar-refractivity contribution in [1.82, 2.24) is 9.97 Å². The molecule has 0 saturated heterocycles. The molecule has 1 N–H and O–H groups in total. The first-order valence-corrected chi connectivity index (χ1v) is 5.27. The van der Waals surface area contributed by atoms with Crippen molar-refractivity contribution in [3.05, 3.63) is 35.3 Å². The van der Waals surface area contributed by atoms with Crippen molar-refractivity contribution in [1.29, 1.82) is 5.26 Å². The van der Waals surface area contributed by atoms with E-state index in [1.54, 1.807) is 7.11 Å². The van der Waals surface area contributed by atoms with E-state index < -0.39 is 0 Å². The van der Waals surface area contributed by atoms with Gasteiger partial charge in [-0.15, -0.1) is 0 Å². The Morgan fingerprint density at radius 1 is 1.35 bits per heavy atom. The third-order valence-electron chi connectivity index (χ3n) is 2.61. The van der Waals surface area contributed by atoms with Crippen molar-refractivity contribution >= 4 is 0 Å². The maximum absolute atomic E-state index is 9.01. The van der Waals surface area contributed by atoms with Crippen LogP contribution in [0, 0.1) is 25.2 Å². The summed E-state index contributed by atoms with van der Waals surface area (Å²) in [6, 6.07) is 7.88. The normalized spacial score (nSPS) is 10.0. The summed E-state index contributed by atoms with van der Waals surface area (Å²) in [6.07, 6.45) is 0. The highest BCUT2D eigenvalue weighted by molar-refractivity contribution is 5.67. The van der Waals surface area contributed by atoms with Crippen LogP contribution in [-0.4, -0.2) is 17.1 Å². The predicted octanol–water partition coefficient (Wildman–Crippen LogP) is 2.57. The van der Waals surface area contributed by atoms with Crippen LogP contribution >= 0.6 is 0 Å². The number of aromatic amines is 1. The highest BCUT2D eigenvalue weighted by Crippen LogP contribution is 2.26. The van der Waals surface area contributed by atoms with E-state index >= 15 is 0 Å². The van der Waals surface area contributed by atoms with Crippen molar-refractivity contribution in [3.8, 4) is 23.1 Å². The van der Waals surface area contributed by atoms with E-state index in [0.717, 1.165) is 28.4 Å². The number of aromatic nitrogens is 2. The minimum Gasteiger partial charge on any atom is -0.496 e. The van der Waals surface area contributed by atoms with Crippen molar-refractivity contribution < 1.29 is 4.74 Å². The number of hydrogen-bond acceptors (Lipinski definition) is 3. The first-order valence-electron chi connectivity index (χ1n) is 5.27. The van der Waals surface area contributed by atoms with Crippen LogP contribution in [0.15, 0.2) is 18.2 Å². The number of nitrogens with one attached hydrogen (secondary N) is 1. The van der Waals surface area contributed by atoms with Gasteiger partial charge in [0.25, 0.3) is 0 Å². The molecule has 2 rings (SSSR count). The maximum Gasteiger partial charge on any atom is 0.166 e. The molecule has 1 aromatic carbocycles. The molecule has 0 spiro atoms. The number of nitrogens with zero attached hydrogens (tertiary/aromatic N) is 2. The summed E-state index contributed by atoms with van der Waals surface area (Å²) in [6.45, 7) is 3.80. The van der Waals surface area contributed by atoms with Gasteiger partial charge in [0.1, 0.15) is 17.6 Å². The van der Waals surface area contributed by atoms with Gasteiger partial charge in [0, 0.05) is 5.56 Å². The van der Waals surface area contributed by atoms with E-state index in [1.165, 1.54) is 0 Å². The third kappa shape index (κ3) is 2.00. The molecule has 1 heterocycles. The maximum atomic E-state index is 9.01. The lowest BCUT2D eigenvalue weighted by atomic mass is 10.1. The second-order valence-electron chi connectivity index (χ2n) is 3.84. The van der Waals surface area contributed by atoms with Crippen molar-refractivity contribution in [2.45, 2.75) is 13.8 Å². The lowest BCUT2D eigenvalue weighted by Crippen LogP contribution is -1.89. The van der Waals surface area contributed by atoms with Crippen LogP contribution in [0.2, 0.25) is 0 Å². The summed E-state index contributed by atoms with van der Waals surface area (Å²) in [5.74, 6) is 1.58. The standard InChI is InChI=1S/C13H13N3O/c1-8-6-10(4-5-12(8)17-3)13-11(7-14)15-9(2)16-13/h4-6H,1-3H3,(H,15,16). The van der Waals surface area contributed by atoms with Gasteiger partial charge in [-0.3, -0.25) is 0 Å². The van der Waals surface area contributed by atoms with Crippen LogP contribution < -0.4 is 4.74 Å². The highest BCUT2D eigenvalue weighted by atomic mass is 16.5. The summed E-state index contributed by atoms with van der Waals surface area (Å²) in [5, 5.41) is 9.01. The molecular weight excluding hydrogens is 214 g/mol. The van der Waals surface area contributed by atoms with E-state index in [0.29, 0.717) is 5.69 Å². The van der Waals surface area contributed by atoms with E-state index in [2.05, 4.69) is 16.0 Å². The van der Waals surface area contributed by atoms with Gasteiger partial charge in [-0.2, -0.15) is 5.26 Å². The monoisotopic (exact) mass is 227 g/mol. The molecule has 0 aliphatic rings. The van der Waals surface area contributed by atoms with E-state index in [4.69, 9.17) is 10.00 Å². The minimum absolute atomic E-state index is 0.423. The summed E-state index contributed by atoms with van der Waals surface area (Å²) >= 11 is 0. The number of H-pyrrole nitrogens is 1. The molecule has 1 aromatic heterocycles. The molecule has 0 bridgehead atoms. The van der Waals surface area contributed by atoms with Crippen LogP contribution in [0.25, 0.3) is 11.3 Å². The summed E-state index contributed by atoms with van der Waals surface area (Å²) < 4.78 is 5.21. The van der Waals surface area contributed by atoms with Gasteiger partial charge in [-0.05, 0) is 37.6 Å². The average molecular weight is 227 g/mol. The fourth-order valence-corrected chi connectivity index (χ4v) is 1.82. The molecular formula is C13H13N3O. The van der Waals surface area contributed by atoms with Gasteiger partial charge in [-0.1, -0.05) is 0 Å². The molecule has 0 aliphatic heterocycles. The van der Waals surface area contributed by atoms with Gasteiger partial charge in [0.2, 0.25) is 0 Å². The Morgan fingerprint density at radius 2 is 2.12 bits per heavy atom. The molecule has 0 fully saturated rings. The zero-order chi connectivity index (χ0) is 12.4. The Morgan fingerprint density at radius 3 is 2.71 bits per heavy atom. The van der Waals surface area contributed by atoms with Crippen molar-refractivity contribution in [3.63, 3.8) is 0 Å². The van der Waals surface area contributed by atoms with E-state index in [9.17, 15) is 0 Å². The fourth-order valence-electron chi connectivity index (χ4n) is 1.82. The molecule has 0 radical (unpaired) electrons. The number of imidazole rings is 1. The molecule has 0 atom stereocenters. The highest BCUT2D eigenvalue weighted by Gasteiger charge is 2.11. The molecule has 0 amide bonds. The molecule has 0 saturated carbocycles. The number of nitriles is 1. The van der Waals surface area contributed by atoms with Crippen LogP contribution in [0.5, 0.6) is 5.75 Å². The topological polar surface area (TPSA) is 61.7 Å². The first kappa shape index (κ1) is 11.2. The van der Waals surface area contributed by atoms with Gasteiger partial charge in [0.15, 0.2) is 5.69 Å². The van der Waals surface area contributed by atoms with Gasteiger partial charge in [0.05, 0.1) is 12.8 Å². The van der Waals surface area contributed by atoms with Crippen molar-refractivity contribution in [2.24, 2.45) is 0 Å². The second kappa shape index (κ2) is 4.30. The minimum atomic E-state index is 0.423. The van der Waals surface area contributed by atoms with Gasteiger partial charge in [-0.25, -0.2) is 4.98 Å². The van der Waals surface area contributed by atoms with Crippen LogP contribution in [0.1, 0.15) is 17.1 Å². The average Bonchev–Trinajstić information content (AvgIpc) is 2.70. The zero-order valence-electron chi connectivity index (χ0n) is 10.0. The molecule has 0 aliphatic carbocycles. The molecule has 17 heavy (non-hydrogen) atoms. The summed E-state index contributed by atoms with van der Waals surface area (Å²) in [5.41, 5.74) is 3.16. The lowest BCUT2D eigenvalue weighted by Gasteiger charge is -2.06. The number of rotatable bonds is 2. The molecule has 4 nitrogen and oxygen atoms in total. The Hall–Kier alpha value is -2.28. The van der Waals surface area contributed by atoms with Crippen molar-refractivity contribution in [2.75, 3.05) is 7.11 Å². The second-order valence-corrected chi connectivity index (χ2v) is 3.84.